The second-order valence-corrected chi connectivity index (χ2v) is 4.87. The van der Waals surface area contributed by atoms with E-state index < -0.39 is 12.0 Å². The van der Waals surface area contributed by atoms with Gasteiger partial charge in [-0.15, -0.1) is 0 Å². The Morgan fingerprint density at radius 3 is 2.74 bits per heavy atom. The lowest BCUT2D eigenvalue weighted by molar-refractivity contribution is -0.132. The summed E-state index contributed by atoms with van der Waals surface area (Å²) in [5.41, 5.74) is 0.749. The lowest BCUT2D eigenvalue weighted by atomic mass is 10.1. The van der Waals surface area contributed by atoms with Crippen molar-refractivity contribution >= 4 is 29.1 Å². The van der Waals surface area contributed by atoms with Gasteiger partial charge in [-0.2, -0.15) is 5.26 Å². The highest BCUT2D eigenvalue weighted by Crippen LogP contribution is 2.20. The van der Waals surface area contributed by atoms with Crippen molar-refractivity contribution < 1.29 is 9.53 Å². The number of methoxy groups -OCH3 is 1. The van der Waals surface area contributed by atoms with E-state index >= 15 is 0 Å². The second kappa shape index (κ2) is 7.34. The lowest BCUT2D eigenvalue weighted by Gasteiger charge is -2.17. The topological polar surface area (TPSA) is 62.1 Å². The Hall–Kier alpha value is -1.28. The van der Waals surface area contributed by atoms with Gasteiger partial charge >= 0.3 is 0 Å². The minimum Gasteiger partial charge on any atom is -0.370 e. The minimum atomic E-state index is -0.795. The number of ether oxygens (including phenoxy) is 1. The maximum atomic E-state index is 11.9. The van der Waals surface area contributed by atoms with Gasteiger partial charge in [-0.05, 0) is 24.6 Å². The highest BCUT2D eigenvalue weighted by Gasteiger charge is 2.24. The summed E-state index contributed by atoms with van der Waals surface area (Å²) in [4.78, 5) is 11.9. The third-order valence-corrected chi connectivity index (χ3v) is 3.23. The molecule has 1 aromatic rings. The third-order valence-electron chi connectivity index (χ3n) is 2.64. The van der Waals surface area contributed by atoms with Crippen molar-refractivity contribution in [3.63, 3.8) is 0 Å². The van der Waals surface area contributed by atoms with Crippen molar-refractivity contribution in [3.05, 3.63) is 33.8 Å². The molecule has 0 aliphatic carbocycles. The highest BCUT2D eigenvalue weighted by atomic mass is 35.5. The molecule has 0 bridgehead atoms. The molecule has 0 aliphatic heterocycles. The maximum absolute atomic E-state index is 11.9. The van der Waals surface area contributed by atoms with E-state index in [1.165, 1.54) is 7.11 Å². The van der Waals surface area contributed by atoms with Gasteiger partial charge in [0.15, 0.2) is 6.10 Å². The van der Waals surface area contributed by atoms with Crippen molar-refractivity contribution in [1.29, 1.82) is 5.26 Å². The Kier molecular flexibility index (Phi) is 6.10. The molecule has 1 aromatic carbocycles. The standard InChI is InChI=1S/C13H14Cl2N2O2/c1-8(6-16)12(19-2)13(18)17-7-9-3-4-10(14)5-11(9)15/h3-5,8,12H,7H2,1-2H3,(H,17,18). The van der Waals surface area contributed by atoms with Gasteiger partial charge in [-0.1, -0.05) is 29.3 Å². The second-order valence-electron chi connectivity index (χ2n) is 4.03. The number of halogens is 2. The number of rotatable bonds is 5. The van der Waals surface area contributed by atoms with E-state index in [9.17, 15) is 4.79 Å². The van der Waals surface area contributed by atoms with Crippen molar-refractivity contribution in [2.45, 2.75) is 19.6 Å². The number of nitrogens with zero attached hydrogens (tertiary/aromatic N) is 1. The van der Waals surface area contributed by atoms with Gasteiger partial charge in [0.25, 0.3) is 5.91 Å². The van der Waals surface area contributed by atoms with E-state index in [0.717, 1.165) is 5.56 Å². The largest absolute Gasteiger partial charge is 0.370 e. The van der Waals surface area contributed by atoms with Crippen molar-refractivity contribution in [2.75, 3.05) is 7.11 Å². The molecule has 2 unspecified atom stereocenters. The van der Waals surface area contributed by atoms with Crippen LogP contribution in [0.25, 0.3) is 0 Å². The Morgan fingerprint density at radius 2 is 2.21 bits per heavy atom. The number of hydrogen-bond donors (Lipinski definition) is 1. The van der Waals surface area contributed by atoms with Crippen LogP contribution in [-0.4, -0.2) is 19.1 Å². The molecule has 102 valence electrons. The monoisotopic (exact) mass is 300 g/mol. The van der Waals surface area contributed by atoms with E-state index in [1.807, 2.05) is 6.07 Å². The molecule has 0 heterocycles. The molecule has 1 rings (SSSR count). The minimum absolute atomic E-state index is 0.257. The van der Waals surface area contributed by atoms with Crippen molar-refractivity contribution in [1.82, 2.24) is 5.32 Å². The molecule has 0 aliphatic rings. The van der Waals surface area contributed by atoms with Crippen LogP contribution in [0.4, 0.5) is 0 Å². The fraction of sp³-hybridized carbons (Fsp3) is 0.385. The number of nitriles is 1. The van der Waals surface area contributed by atoms with Crippen LogP contribution in [0.3, 0.4) is 0 Å². The summed E-state index contributed by atoms with van der Waals surface area (Å²) < 4.78 is 5.01. The van der Waals surface area contributed by atoms with Gasteiger partial charge in [0, 0.05) is 23.7 Å². The normalized spacial score (nSPS) is 13.4. The molecule has 0 spiro atoms. The quantitative estimate of drug-likeness (QED) is 0.909. The van der Waals surface area contributed by atoms with Crippen LogP contribution in [-0.2, 0) is 16.1 Å². The van der Waals surface area contributed by atoms with Crippen LogP contribution in [0.2, 0.25) is 10.0 Å². The zero-order valence-electron chi connectivity index (χ0n) is 10.6. The van der Waals surface area contributed by atoms with Gasteiger partial charge in [0.1, 0.15) is 0 Å². The predicted octanol–water partition coefficient (Wildman–Crippen LogP) is 2.78. The van der Waals surface area contributed by atoms with E-state index in [-0.39, 0.29) is 12.5 Å². The molecule has 6 heteroatoms. The first kappa shape index (κ1) is 15.8. The van der Waals surface area contributed by atoms with Crippen LogP contribution in [0.1, 0.15) is 12.5 Å². The first-order chi connectivity index (χ1) is 8.99. The molecule has 2 atom stereocenters. The molecule has 0 saturated carbocycles. The number of hydrogen-bond acceptors (Lipinski definition) is 3. The summed E-state index contributed by atoms with van der Waals surface area (Å²) in [5.74, 6) is -0.867. The zero-order chi connectivity index (χ0) is 14.4. The Bertz CT molecular complexity index is 500. The average molecular weight is 301 g/mol. The summed E-state index contributed by atoms with van der Waals surface area (Å²) >= 11 is 11.8. The van der Waals surface area contributed by atoms with Crippen LogP contribution in [0.15, 0.2) is 18.2 Å². The van der Waals surface area contributed by atoms with Gasteiger partial charge in [0.05, 0.1) is 12.0 Å². The summed E-state index contributed by atoms with van der Waals surface area (Å²) in [7, 11) is 1.40. The Morgan fingerprint density at radius 1 is 1.53 bits per heavy atom. The molecular weight excluding hydrogens is 287 g/mol. The highest BCUT2D eigenvalue weighted by molar-refractivity contribution is 6.35. The number of carbonyl (C=O) groups is 1. The number of benzene rings is 1. The first-order valence-corrected chi connectivity index (χ1v) is 6.39. The molecule has 1 N–H and O–H groups in total. The summed E-state index contributed by atoms with van der Waals surface area (Å²) in [6.07, 6.45) is -0.795. The van der Waals surface area contributed by atoms with Gasteiger partial charge in [0.2, 0.25) is 0 Å². The molecule has 0 aromatic heterocycles. The van der Waals surface area contributed by atoms with Gasteiger partial charge < -0.3 is 10.1 Å². The molecule has 19 heavy (non-hydrogen) atoms. The van der Waals surface area contributed by atoms with E-state index in [4.69, 9.17) is 33.2 Å². The Labute approximate surface area is 122 Å². The SMILES string of the molecule is COC(C(=O)NCc1ccc(Cl)cc1Cl)C(C)C#N. The molecule has 0 saturated heterocycles. The van der Waals surface area contributed by atoms with Crippen LogP contribution >= 0.6 is 23.2 Å². The summed E-state index contributed by atoms with van der Waals surface area (Å²) in [5, 5.41) is 12.5. The Balaban J connectivity index is 2.66. The molecule has 4 nitrogen and oxygen atoms in total. The fourth-order valence-electron chi connectivity index (χ4n) is 1.55. The molecule has 0 radical (unpaired) electrons. The smallest absolute Gasteiger partial charge is 0.250 e. The van der Waals surface area contributed by atoms with Gasteiger partial charge in [-0.3, -0.25) is 4.79 Å². The zero-order valence-corrected chi connectivity index (χ0v) is 12.1. The predicted molar refractivity (Wildman–Crippen MR) is 73.9 cm³/mol. The van der Waals surface area contributed by atoms with Crippen LogP contribution < -0.4 is 5.32 Å². The number of nitrogens with one attached hydrogen (secondary N) is 1. The van der Waals surface area contributed by atoms with Gasteiger partial charge in [-0.25, -0.2) is 0 Å². The van der Waals surface area contributed by atoms with Crippen LogP contribution in [0, 0.1) is 17.2 Å². The van der Waals surface area contributed by atoms with E-state index in [1.54, 1.807) is 25.1 Å². The number of amides is 1. The maximum Gasteiger partial charge on any atom is 0.250 e. The van der Waals surface area contributed by atoms with Crippen LogP contribution in [0.5, 0.6) is 0 Å². The lowest BCUT2D eigenvalue weighted by Crippen LogP contribution is -2.39. The fourth-order valence-corrected chi connectivity index (χ4v) is 2.03. The number of carbonyl (C=O) groups excluding carboxylic acids is 1. The van der Waals surface area contributed by atoms with E-state index in [0.29, 0.717) is 10.0 Å². The van der Waals surface area contributed by atoms with E-state index in [2.05, 4.69) is 5.32 Å². The van der Waals surface area contributed by atoms with Crippen molar-refractivity contribution in [3.8, 4) is 6.07 Å². The molecule has 0 fully saturated rings. The van der Waals surface area contributed by atoms with Crippen molar-refractivity contribution in [2.24, 2.45) is 5.92 Å². The third kappa shape index (κ3) is 4.39. The average Bonchev–Trinajstić information content (AvgIpc) is 2.38. The molecule has 1 amide bonds. The summed E-state index contributed by atoms with van der Waals surface area (Å²) in [6, 6.07) is 7.02. The first-order valence-electron chi connectivity index (χ1n) is 5.63. The summed E-state index contributed by atoms with van der Waals surface area (Å²) in [6.45, 7) is 1.88. The molecular formula is C13H14Cl2N2O2.